The van der Waals surface area contributed by atoms with E-state index in [1.54, 1.807) is 37.7 Å². The minimum absolute atomic E-state index is 0.253. The van der Waals surface area contributed by atoms with Crippen molar-refractivity contribution in [2.45, 2.75) is 6.92 Å². The van der Waals surface area contributed by atoms with Gasteiger partial charge in [0.25, 0.3) is 0 Å². The Hall–Kier alpha value is -2.40. The van der Waals surface area contributed by atoms with Gasteiger partial charge in [-0.2, -0.15) is 0 Å². The van der Waals surface area contributed by atoms with Gasteiger partial charge in [0.05, 0.1) is 25.5 Å². The fourth-order valence-corrected chi connectivity index (χ4v) is 3.40. The van der Waals surface area contributed by atoms with Crippen molar-refractivity contribution in [2.75, 3.05) is 14.2 Å². The van der Waals surface area contributed by atoms with Gasteiger partial charge < -0.3 is 9.47 Å². The minimum atomic E-state index is -0.253. The second-order valence-corrected chi connectivity index (χ2v) is 6.17. The van der Waals surface area contributed by atoms with Gasteiger partial charge in [0.1, 0.15) is 10.8 Å². The molecule has 0 amide bonds. The van der Waals surface area contributed by atoms with Crippen LogP contribution in [-0.4, -0.2) is 19.2 Å². The van der Waals surface area contributed by atoms with Gasteiger partial charge in [-0.25, -0.2) is 9.37 Å². The highest BCUT2D eigenvalue weighted by Crippen LogP contribution is 2.41. The van der Waals surface area contributed by atoms with Gasteiger partial charge in [0, 0.05) is 10.4 Å². The number of para-hydroxylation sites is 1. The fourth-order valence-electron chi connectivity index (χ4n) is 2.44. The van der Waals surface area contributed by atoms with Gasteiger partial charge in [-0.05, 0) is 43.3 Å². The molecule has 2 aromatic carbocycles. The summed E-state index contributed by atoms with van der Waals surface area (Å²) in [6.45, 7) is 2.01. The van der Waals surface area contributed by atoms with Crippen LogP contribution in [0.15, 0.2) is 42.5 Å². The number of hydrogen-bond acceptors (Lipinski definition) is 4. The zero-order valence-corrected chi connectivity index (χ0v) is 13.9. The number of ether oxygens (including phenoxy) is 2. The van der Waals surface area contributed by atoms with Crippen molar-refractivity contribution in [3.05, 3.63) is 53.2 Å². The molecule has 0 fully saturated rings. The first-order valence-electron chi connectivity index (χ1n) is 7.08. The van der Waals surface area contributed by atoms with Crippen LogP contribution < -0.4 is 9.47 Å². The number of nitrogens with zero attached hydrogens (tertiary/aromatic N) is 1. The van der Waals surface area contributed by atoms with Crippen molar-refractivity contribution >= 4 is 11.3 Å². The first-order chi connectivity index (χ1) is 11.1. The van der Waals surface area contributed by atoms with Crippen molar-refractivity contribution in [1.82, 2.24) is 4.98 Å². The molecule has 0 saturated heterocycles. The Morgan fingerprint density at radius 3 is 2.39 bits per heavy atom. The smallest absolute Gasteiger partial charge is 0.170 e. The van der Waals surface area contributed by atoms with Gasteiger partial charge in [0.15, 0.2) is 11.5 Å². The molecule has 0 radical (unpaired) electrons. The monoisotopic (exact) mass is 329 g/mol. The number of aromatic nitrogens is 1. The van der Waals surface area contributed by atoms with Crippen LogP contribution in [0.2, 0.25) is 0 Å². The van der Waals surface area contributed by atoms with E-state index in [2.05, 4.69) is 0 Å². The van der Waals surface area contributed by atoms with Crippen LogP contribution in [-0.2, 0) is 0 Å². The van der Waals surface area contributed by atoms with Crippen LogP contribution in [0.5, 0.6) is 11.5 Å². The third-order valence-electron chi connectivity index (χ3n) is 3.55. The normalized spacial score (nSPS) is 10.6. The Kier molecular flexibility index (Phi) is 4.30. The Bertz CT molecular complexity index is 828. The molecule has 3 rings (SSSR count). The van der Waals surface area contributed by atoms with Crippen LogP contribution in [0.3, 0.4) is 0 Å². The molecule has 0 spiro atoms. The lowest BCUT2D eigenvalue weighted by Gasteiger charge is -2.10. The number of halogens is 1. The van der Waals surface area contributed by atoms with E-state index in [-0.39, 0.29) is 5.82 Å². The fraction of sp³-hybridized carbons (Fsp3) is 0.167. The highest BCUT2D eigenvalue weighted by molar-refractivity contribution is 7.15. The van der Waals surface area contributed by atoms with E-state index in [1.807, 2.05) is 25.1 Å². The summed E-state index contributed by atoms with van der Waals surface area (Å²) in [7, 11) is 3.22. The van der Waals surface area contributed by atoms with Crippen LogP contribution >= 0.6 is 11.3 Å². The zero-order chi connectivity index (χ0) is 16.4. The maximum Gasteiger partial charge on any atom is 0.170 e. The van der Waals surface area contributed by atoms with Crippen LogP contribution in [0, 0.1) is 12.7 Å². The average molecular weight is 329 g/mol. The zero-order valence-electron chi connectivity index (χ0n) is 13.1. The van der Waals surface area contributed by atoms with Gasteiger partial charge in [-0.3, -0.25) is 0 Å². The molecule has 5 heteroatoms. The number of rotatable bonds is 4. The van der Waals surface area contributed by atoms with Gasteiger partial charge >= 0.3 is 0 Å². The van der Waals surface area contributed by atoms with E-state index in [1.165, 1.54) is 12.1 Å². The lowest BCUT2D eigenvalue weighted by Crippen LogP contribution is -1.92. The molecule has 3 nitrogen and oxygen atoms in total. The number of benzene rings is 2. The Labute approximate surface area is 138 Å². The first kappa shape index (κ1) is 15.5. The molecule has 118 valence electrons. The molecule has 3 aromatic rings. The Morgan fingerprint density at radius 1 is 1.00 bits per heavy atom. The topological polar surface area (TPSA) is 31.4 Å². The first-order valence-corrected chi connectivity index (χ1v) is 7.90. The highest BCUT2D eigenvalue weighted by Gasteiger charge is 2.17. The third-order valence-corrected chi connectivity index (χ3v) is 4.55. The van der Waals surface area contributed by atoms with E-state index in [9.17, 15) is 4.39 Å². The Balaban J connectivity index is 2.09. The second-order valence-electron chi connectivity index (χ2n) is 4.97. The maximum absolute atomic E-state index is 13.1. The number of methoxy groups -OCH3 is 2. The van der Waals surface area contributed by atoms with Crippen LogP contribution in [0.25, 0.3) is 21.8 Å². The molecule has 0 aliphatic heterocycles. The summed E-state index contributed by atoms with van der Waals surface area (Å²) in [4.78, 5) is 5.79. The van der Waals surface area contributed by atoms with Crippen molar-refractivity contribution in [2.24, 2.45) is 0 Å². The summed E-state index contributed by atoms with van der Waals surface area (Å²) < 4.78 is 23.9. The van der Waals surface area contributed by atoms with Crippen molar-refractivity contribution in [3.8, 4) is 33.3 Å². The Morgan fingerprint density at radius 2 is 1.74 bits per heavy atom. The van der Waals surface area contributed by atoms with E-state index < -0.39 is 0 Å². The quantitative estimate of drug-likeness (QED) is 0.679. The minimum Gasteiger partial charge on any atom is -0.493 e. The van der Waals surface area contributed by atoms with Gasteiger partial charge in [0.2, 0.25) is 0 Å². The highest BCUT2D eigenvalue weighted by atomic mass is 32.1. The summed E-state index contributed by atoms with van der Waals surface area (Å²) in [6.07, 6.45) is 0. The van der Waals surface area contributed by atoms with E-state index >= 15 is 0 Å². The van der Waals surface area contributed by atoms with E-state index in [4.69, 9.17) is 14.5 Å². The molecule has 0 aliphatic carbocycles. The summed E-state index contributed by atoms with van der Waals surface area (Å²) >= 11 is 1.57. The van der Waals surface area contributed by atoms with Gasteiger partial charge in [-0.15, -0.1) is 11.3 Å². The van der Waals surface area contributed by atoms with Crippen LogP contribution in [0.1, 0.15) is 4.88 Å². The standard InChI is InChI=1S/C18H16FNO2S/c1-11-16(12-7-9-13(19)10-8-12)20-18(23-11)14-5-4-6-15(21-2)17(14)22-3/h4-10H,1-3H3. The summed E-state index contributed by atoms with van der Waals surface area (Å²) in [6, 6.07) is 12.1. The number of hydrogen-bond donors (Lipinski definition) is 0. The summed E-state index contributed by atoms with van der Waals surface area (Å²) in [5.41, 5.74) is 2.64. The molecular formula is C18H16FNO2S. The molecule has 0 saturated carbocycles. The predicted molar refractivity (Wildman–Crippen MR) is 90.8 cm³/mol. The lowest BCUT2D eigenvalue weighted by atomic mass is 10.1. The molecular weight excluding hydrogens is 313 g/mol. The molecule has 0 unspecified atom stereocenters. The predicted octanol–water partition coefficient (Wildman–Crippen LogP) is 4.94. The number of aryl methyl sites for hydroxylation is 1. The lowest BCUT2D eigenvalue weighted by molar-refractivity contribution is 0.356. The van der Waals surface area contributed by atoms with Gasteiger partial charge in [-0.1, -0.05) is 6.07 Å². The molecule has 0 bridgehead atoms. The van der Waals surface area contributed by atoms with Crippen molar-refractivity contribution < 1.29 is 13.9 Å². The molecule has 0 N–H and O–H groups in total. The van der Waals surface area contributed by atoms with E-state index in [0.29, 0.717) is 11.5 Å². The molecule has 0 aliphatic rings. The molecule has 1 heterocycles. The summed E-state index contributed by atoms with van der Waals surface area (Å²) in [5, 5.41) is 0.845. The molecule has 23 heavy (non-hydrogen) atoms. The number of thiazole rings is 1. The average Bonchev–Trinajstić information content (AvgIpc) is 2.96. The van der Waals surface area contributed by atoms with E-state index in [0.717, 1.165) is 26.7 Å². The SMILES string of the molecule is COc1cccc(-c2nc(-c3ccc(F)cc3)c(C)s2)c1OC. The molecule has 0 atom stereocenters. The van der Waals surface area contributed by atoms with Crippen LogP contribution in [0.4, 0.5) is 4.39 Å². The van der Waals surface area contributed by atoms with Crippen molar-refractivity contribution in [3.63, 3.8) is 0 Å². The molecule has 1 aromatic heterocycles. The van der Waals surface area contributed by atoms with Crippen molar-refractivity contribution in [1.29, 1.82) is 0 Å². The summed E-state index contributed by atoms with van der Waals surface area (Å²) in [5.74, 6) is 1.08. The largest absolute Gasteiger partial charge is 0.493 e. The second kappa shape index (κ2) is 6.38. The maximum atomic E-state index is 13.1. The third kappa shape index (κ3) is 2.92.